The molecule has 4 nitrogen and oxygen atoms in total. The molecule has 1 N–H and O–H groups in total. The van der Waals surface area contributed by atoms with E-state index in [1.165, 1.54) is 11.3 Å². The number of fused-ring (bicyclic) bond motifs is 1. The van der Waals surface area contributed by atoms with E-state index in [4.69, 9.17) is 21.1 Å². The van der Waals surface area contributed by atoms with E-state index in [2.05, 4.69) is 37.1 Å². The summed E-state index contributed by atoms with van der Waals surface area (Å²) in [5.41, 5.74) is 0.944. The van der Waals surface area contributed by atoms with E-state index in [1.807, 2.05) is 12.1 Å². The molecule has 1 aromatic heterocycles. The van der Waals surface area contributed by atoms with Crippen molar-refractivity contribution >= 4 is 28.8 Å². The molecule has 0 fully saturated rings. The van der Waals surface area contributed by atoms with Gasteiger partial charge in [-0.2, -0.15) is 0 Å². The van der Waals surface area contributed by atoms with Gasteiger partial charge in [-0.25, -0.2) is 0 Å². The molecule has 0 atom stereocenters. The van der Waals surface area contributed by atoms with E-state index >= 15 is 0 Å². The second-order valence-corrected chi connectivity index (χ2v) is 7.93. The first-order valence-corrected chi connectivity index (χ1v) is 9.07. The van der Waals surface area contributed by atoms with Crippen LogP contribution >= 0.6 is 22.9 Å². The highest BCUT2D eigenvalue weighted by atomic mass is 35.5. The average molecular weight is 376 g/mol. The Kier molecular flexibility index (Phi) is 5.22. The molecule has 1 aromatic carbocycles. The second-order valence-electron chi connectivity index (χ2n) is 6.21. The quantitative estimate of drug-likeness (QED) is 0.824. The SMILES string of the molecule is CC1(C)Cc2cccc(OCC#CCNC(=O)c3ccc(Cl)s3)c2O1. The highest BCUT2D eigenvalue weighted by Crippen LogP contribution is 2.41. The van der Waals surface area contributed by atoms with Crippen molar-refractivity contribution in [1.82, 2.24) is 5.32 Å². The number of benzene rings is 1. The van der Waals surface area contributed by atoms with Gasteiger partial charge in [0.25, 0.3) is 5.91 Å². The minimum Gasteiger partial charge on any atom is -0.483 e. The molecule has 6 heteroatoms. The van der Waals surface area contributed by atoms with Crippen LogP contribution in [0, 0.1) is 11.8 Å². The Morgan fingerprint density at radius 3 is 2.96 bits per heavy atom. The molecule has 2 aromatic rings. The van der Waals surface area contributed by atoms with Gasteiger partial charge in [-0.15, -0.1) is 11.3 Å². The van der Waals surface area contributed by atoms with Gasteiger partial charge in [0.1, 0.15) is 12.2 Å². The maximum atomic E-state index is 11.8. The summed E-state index contributed by atoms with van der Waals surface area (Å²) in [4.78, 5) is 12.4. The Labute approximate surface area is 156 Å². The summed E-state index contributed by atoms with van der Waals surface area (Å²) in [5, 5.41) is 2.72. The van der Waals surface area contributed by atoms with E-state index in [1.54, 1.807) is 12.1 Å². The van der Waals surface area contributed by atoms with E-state index in [0.29, 0.717) is 15.0 Å². The average Bonchev–Trinajstić information content (AvgIpc) is 3.12. The van der Waals surface area contributed by atoms with E-state index < -0.39 is 0 Å². The third-order valence-electron chi connectivity index (χ3n) is 3.61. The van der Waals surface area contributed by atoms with Crippen molar-refractivity contribution < 1.29 is 14.3 Å². The molecule has 0 radical (unpaired) electrons. The summed E-state index contributed by atoms with van der Waals surface area (Å²) in [6, 6.07) is 9.27. The van der Waals surface area contributed by atoms with Gasteiger partial charge < -0.3 is 14.8 Å². The van der Waals surface area contributed by atoms with Gasteiger partial charge in [0.15, 0.2) is 11.5 Å². The Morgan fingerprint density at radius 2 is 2.20 bits per heavy atom. The number of hydrogen-bond acceptors (Lipinski definition) is 4. The molecule has 1 amide bonds. The first kappa shape index (κ1) is 17.7. The van der Waals surface area contributed by atoms with Crippen LogP contribution in [0.5, 0.6) is 11.5 Å². The number of hydrogen-bond donors (Lipinski definition) is 1. The fourth-order valence-corrected chi connectivity index (χ4v) is 3.54. The van der Waals surface area contributed by atoms with Gasteiger partial charge in [-0.3, -0.25) is 4.79 Å². The summed E-state index contributed by atoms with van der Waals surface area (Å²) >= 11 is 7.05. The molecule has 1 aliphatic heterocycles. The number of carbonyl (C=O) groups is 1. The Bertz CT molecular complexity index is 848. The van der Waals surface area contributed by atoms with Crippen LogP contribution in [0.3, 0.4) is 0 Å². The molecule has 1 aliphatic rings. The zero-order valence-electron chi connectivity index (χ0n) is 14.0. The van der Waals surface area contributed by atoms with Gasteiger partial charge in [0.2, 0.25) is 0 Å². The molecule has 2 heterocycles. The fourth-order valence-electron chi connectivity index (χ4n) is 2.58. The van der Waals surface area contributed by atoms with E-state index in [9.17, 15) is 4.79 Å². The standard InChI is InChI=1S/C19H18ClNO3S/c1-19(2)12-13-6-5-7-14(17(13)24-19)23-11-4-3-10-21-18(22)15-8-9-16(20)25-15/h5-9H,10-12H2,1-2H3,(H,21,22). The summed E-state index contributed by atoms with van der Waals surface area (Å²) in [6.45, 7) is 4.61. The van der Waals surface area contributed by atoms with Crippen LogP contribution in [0.2, 0.25) is 4.34 Å². The molecule has 3 rings (SSSR count). The maximum absolute atomic E-state index is 11.8. The number of amides is 1. The summed E-state index contributed by atoms with van der Waals surface area (Å²) in [6.07, 6.45) is 0.865. The number of carbonyl (C=O) groups excluding carboxylic acids is 1. The Morgan fingerprint density at radius 1 is 1.36 bits per heavy atom. The van der Waals surface area contributed by atoms with Crippen LogP contribution < -0.4 is 14.8 Å². The molecule has 0 saturated heterocycles. The zero-order chi connectivity index (χ0) is 17.9. The monoisotopic (exact) mass is 375 g/mol. The minimum atomic E-state index is -0.206. The lowest BCUT2D eigenvalue weighted by Crippen LogP contribution is -2.24. The molecule has 0 spiro atoms. The number of para-hydroxylation sites is 1. The van der Waals surface area contributed by atoms with E-state index in [0.717, 1.165) is 17.7 Å². The summed E-state index contributed by atoms with van der Waals surface area (Å²) in [7, 11) is 0. The van der Waals surface area contributed by atoms with Gasteiger partial charge in [-0.05, 0) is 32.0 Å². The van der Waals surface area contributed by atoms with Crippen molar-refractivity contribution in [3.8, 4) is 23.3 Å². The first-order valence-electron chi connectivity index (χ1n) is 7.87. The molecule has 25 heavy (non-hydrogen) atoms. The Balaban J connectivity index is 1.48. The molecular weight excluding hydrogens is 358 g/mol. The summed E-state index contributed by atoms with van der Waals surface area (Å²) in [5.74, 6) is 7.09. The van der Waals surface area contributed by atoms with Crippen LogP contribution in [0.4, 0.5) is 0 Å². The lowest BCUT2D eigenvalue weighted by atomic mass is 10.0. The zero-order valence-corrected chi connectivity index (χ0v) is 15.6. The predicted octanol–water partition coefficient (Wildman–Crippen LogP) is 3.93. The van der Waals surface area contributed by atoms with Gasteiger partial charge >= 0.3 is 0 Å². The molecule has 0 unspecified atom stereocenters. The van der Waals surface area contributed by atoms with Crippen LogP contribution in [0.25, 0.3) is 0 Å². The maximum Gasteiger partial charge on any atom is 0.262 e. The van der Waals surface area contributed by atoms with Crippen molar-refractivity contribution in [2.45, 2.75) is 25.9 Å². The number of ether oxygens (including phenoxy) is 2. The molecule has 0 saturated carbocycles. The van der Waals surface area contributed by atoms with Gasteiger partial charge in [0, 0.05) is 12.0 Å². The number of nitrogens with one attached hydrogen (secondary N) is 1. The van der Waals surface area contributed by atoms with Crippen molar-refractivity contribution in [2.24, 2.45) is 0 Å². The second kappa shape index (κ2) is 7.38. The summed E-state index contributed by atoms with van der Waals surface area (Å²) < 4.78 is 12.2. The van der Waals surface area contributed by atoms with Crippen LogP contribution in [0.15, 0.2) is 30.3 Å². The third kappa shape index (κ3) is 4.47. The molecule has 0 aliphatic carbocycles. The third-order valence-corrected chi connectivity index (χ3v) is 4.84. The predicted molar refractivity (Wildman–Crippen MR) is 99.8 cm³/mol. The largest absolute Gasteiger partial charge is 0.483 e. The number of thiophene rings is 1. The van der Waals surface area contributed by atoms with Crippen molar-refractivity contribution in [3.05, 3.63) is 45.1 Å². The van der Waals surface area contributed by atoms with Crippen LogP contribution in [-0.2, 0) is 6.42 Å². The van der Waals surface area contributed by atoms with Gasteiger partial charge in [0.05, 0.1) is 15.8 Å². The molecule has 130 valence electrons. The molecular formula is C19H18ClNO3S. The fraction of sp³-hybridized carbons (Fsp3) is 0.316. The van der Waals surface area contributed by atoms with Crippen molar-refractivity contribution in [1.29, 1.82) is 0 Å². The molecule has 0 bridgehead atoms. The highest BCUT2D eigenvalue weighted by molar-refractivity contribution is 7.17. The van der Waals surface area contributed by atoms with Crippen molar-refractivity contribution in [3.63, 3.8) is 0 Å². The minimum absolute atomic E-state index is 0.177. The highest BCUT2D eigenvalue weighted by Gasteiger charge is 2.32. The van der Waals surface area contributed by atoms with Crippen molar-refractivity contribution in [2.75, 3.05) is 13.2 Å². The van der Waals surface area contributed by atoms with E-state index in [-0.39, 0.29) is 24.7 Å². The van der Waals surface area contributed by atoms with Crippen LogP contribution in [-0.4, -0.2) is 24.7 Å². The number of rotatable bonds is 4. The van der Waals surface area contributed by atoms with Gasteiger partial charge in [-0.1, -0.05) is 35.6 Å². The topological polar surface area (TPSA) is 47.6 Å². The van der Waals surface area contributed by atoms with Crippen LogP contribution in [0.1, 0.15) is 29.1 Å². The smallest absolute Gasteiger partial charge is 0.262 e. The number of halogens is 1. The lowest BCUT2D eigenvalue weighted by molar-refractivity contribution is 0.0962. The normalized spacial score (nSPS) is 14.0. The Hall–Kier alpha value is -2.16. The lowest BCUT2D eigenvalue weighted by Gasteiger charge is -2.17. The first-order chi connectivity index (χ1) is 11.9.